The normalized spacial score (nSPS) is 11.8. The van der Waals surface area contributed by atoms with Gasteiger partial charge in [0.25, 0.3) is 10.0 Å². The fourth-order valence-corrected chi connectivity index (χ4v) is 3.27. The number of ether oxygens (including phenoxy) is 1. The number of anilines is 1. The molecule has 0 aliphatic carbocycles. The lowest BCUT2D eigenvalue weighted by Gasteiger charge is -2.07. The zero-order chi connectivity index (χ0) is 15.9. The predicted octanol–water partition coefficient (Wildman–Crippen LogP) is 0.980. The fraction of sp³-hybridized carbons (Fsp3) is 0.727. The lowest BCUT2D eigenvalue weighted by atomic mass is 10.4. The highest BCUT2D eigenvalue weighted by molar-refractivity contribution is 7.91. The van der Waals surface area contributed by atoms with Crippen LogP contribution in [-0.4, -0.2) is 43.8 Å². The van der Waals surface area contributed by atoms with E-state index in [2.05, 4.69) is 20.2 Å². The molecule has 0 aromatic carbocycles. The summed E-state index contributed by atoms with van der Waals surface area (Å²) in [4.78, 5) is 11.2. The van der Waals surface area contributed by atoms with Crippen molar-refractivity contribution in [2.24, 2.45) is 0 Å². The summed E-state index contributed by atoms with van der Waals surface area (Å²) in [5, 5.41) is 9.84. The topological polar surface area (TPSA) is 110 Å². The fourth-order valence-electron chi connectivity index (χ4n) is 1.24. The van der Waals surface area contributed by atoms with Gasteiger partial charge < -0.3 is 10.1 Å². The van der Waals surface area contributed by atoms with Crippen LogP contribution >= 0.6 is 11.3 Å². The zero-order valence-electron chi connectivity index (χ0n) is 12.2. The Kier molecular flexibility index (Phi) is 7.15. The second-order valence-electron chi connectivity index (χ2n) is 4.45. The molecule has 1 heterocycles. The molecule has 120 valence electrons. The Morgan fingerprint density at radius 2 is 2.10 bits per heavy atom. The van der Waals surface area contributed by atoms with Gasteiger partial charge in [0, 0.05) is 19.6 Å². The van der Waals surface area contributed by atoms with Gasteiger partial charge >= 0.3 is 0 Å². The molecule has 1 aromatic rings. The molecular formula is C11H20N4O4S2. The molecule has 0 aliphatic rings. The summed E-state index contributed by atoms with van der Waals surface area (Å²) in [6.07, 6.45) is 0.972. The van der Waals surface area contributed by atoms with Crippen LogP contribution < -0.4 is 10.0 Å². The number of rotatable bonds is 9. The van der Waals surface area contributed by atoms with Crippen LogP contribution in [-0.2, 0) is 19.6 Å². The average Bonchev–Trinajstić information content (AvgIpc) is 2.87. The standard InChI is InChI=1S/C11H20N4O4S2/c1-4-9(16)13-10-14-15-11(20-10)21(17,18)12-6-5-7-19-8(2)3/h8,12H,4-7H2,1-3H3,(H,13,14,16). The van der Waals surface area contributed by atoms with Crippen LogP contribution in [0.15, 0.2) is 4.34 Å². The number of amides is 1. The zero-order valence-corrected chi connectivity index (χ0v) is 13.9. The predicted molar refractivity (Wildman–Crippen MR) is 79.7 cm³/mol. The first-order chi connectivity index (χ1) is 9.85. The number of nitrogens with one attached hydrogen (secondary N) is 2. The lowest BCUT2D eigenvalue weighted by Crippen LogP contribution is -2.25. The van der Waals surface area contributed by atoms with Crippen LogP contribution in [0.3, 0.4) is 0 Å². The Morgan fingerprint density at radius 3 is 2.71 bits per heavy atom. The van der Waals surface area contributed by atoms with Gasteiger partial charge in [0.15, 0.2) is 0 Å². The molecule has 0 fully saturated rings. The molecule has 0 unspecified atom stereocenters. The van der Waals surface area contributed by atoms with Crippen molar-refractivity contribution in [1.82, 2.24) is 14.9 Å². The van der Waals surface area contributed by atoms with E-state index in [1.807, 2.05) is 13.8 Å². The quantitative estimate of drug-likeness (QED) is 0.514. The maximum absolute atomic E-state index is 11.9. The molecule has 10 heteroatoms. The number of hydrogen-bond acceptors (Lipinski definition) is 7. The summed E-state index contributed by atoms with van der Waals surface area (Å²) in [6.45, 7) is 6.25. The highest BCUT2D eigenvalue weighted by atomic mass is 32.2. The number of nitrogens with zero attached hydrogens (tertiary/aromatic N) is 2. The van der Waals surface area contributed by atoms with E-state index in [0.717, 1.165) is 11.3 Å². The van der Waals surface area contributed by atoms with Crippen molar-refractivity contribution < 1.29 is 17.9 Å². The van der Waals surface area contributed by atoms with Crippen LogP contribution in [0.5, 0.6) is 0 Å². The summed E-state index contributed by atoms with van der Waals surface area (Å²) >= 11 is 0.816. The van der Waals surface area contributed by atoms with Gasteiger partial charge in [0.05, 0.1) is 6.10 Å². The van der Waals surface area contributed by atoms with Gasteiger partial charge in [-0.25, -0.2) is 13.1 Å². The maximum atomic E-state index is 11.9. The average molecular weight is 336 g/mol. The van der Waals surface area contributed by atoms with E-state index in [1.165, 1.54) is 0 Å². The molecule has 8 nitrogen and oxygen atoms in total. The monoisotopic (exact) mass is 336 g/mol. The third-order valence-corrected chi connectivity index (χ3v) is 4.94. The molecule has 0 atom stereocenters. The van der Waals surface area contributed by atoms with Crippen LogP contribution in [0.25, 0.3) is 0 Å². The third kappa shape index (κ3) is 6.46. The van der Waals surface area contributed by atoms with Gasteiger partial charge in [0.2, 0.25) is 15.4 Å². The molecule has 1 rings (SSSR count). The van der Waals surface area contributed by atoms with Crippen molar-refractivity contribution in [3.63, 3.8) is 0 Å². The number of sulfonamides is 1. The van der Waals surface area contributed by atoms with E-state index >= 15 is 0 Å². The minimum Gasteiger partial charge on any atom is -0.379 e. The van der Waals surface area contributed by atoms with Gasteiger partial charge in [0.1, 0.15) is 0 Å². The van der Waals surface area contributed by atoms with E-state index in [-0.39, 0.29) is 34.4 Å². The first kappa shape index (κ1) is 18.0. The third-order valence-electron chi connectivity index (χ3n) is 2.27. The second kappa shape index (κ2) is 8.37. The highest BCUT2D eigenvalue weighted by Crippen LogP contribution is 2.19. The van der Waals surface area contributed by atoms with E-state index in [0.29, 0.717) is 13.0 Å². The van der Waals surface area contributed by atoms with Crippen LogP contribution in [0, 0.1) is 0 Å². The molecule has 21 heavy (non-hydrogen) atoms. The Morgan fingerprint density at radius 1 is 1.38 bits per heavy atom. The Bertz CT molecular complexity index is 556. The number of hydrogen-bond donors (Lipinski definition) is 2. The van der Waals surface area contributed by atoms with Crippen molar-refractivity contribution >= 4 is 32.4 Å². The first-order valence-electron chi connectivity index (χ1n) is 6.59. The number of carbonyl (C=O) groups is 1. The van der Waals surface area contributed by atoms with Crippen molar-refractivity contribution in [2.45, 2.75) is 44.1 Å². The van der Waals surface area contributed by atoms with E-state index < -0.39 is 10.0 Å². The van der Waals surface area contributed by atoms with Crippen LogP contribution in [0.2, 0.25) is 0 Å². The van der Waals surface area contributed by atoms with Crippen LogP contribution in [0.4, 0.5) is 5.13 Å². The van der Waals surface area contributed by atoms with Gasteiger partial charge in [-0.2, -0.15) is 0 Å². The van der Waals surface area contributed by atoms with E-state index in [1.54, 1.807) is 6.92 Å². The van der Waals surface area contributed by atoms with Crippen molar-refractivity contribution in [1.29, 1.82) is 0 Å². The van der Waals surface area contributed by atoms with Gasteiger partial charge in [-0.3, -0.25) is 4.79 Å². The molecule has 1 amide bonds. The van der Waals surface area contributed by atoms with Crippen LogP contribution in [0.1, 0.15) is 33.6 Å². The van der Waals surface area contributed by atoms with Crippen molar-refractivity contribution in [3.05, 3.63) is 0 Å². The summed E-state index contributed by atoms with van der Waals surface area (Å²) in [6, 6.07) is 0. The largest absolute Gasteiger partial charge is 0.379 e. The SMILES string of the molecule is CCC(=O)Nc1nnc(S(=O)(=O)NCCCOC(C)C)s1. The smallest absolute Gasteiger partial charge is 0.269 e. The number of aromatic nitrogens is 2. The Hall–Kier alpha value is -1.10. The molecule has 0 bridgehead atoms. The minimum atomic E-state index is -3.69. The van der Waals surface area contributed by atoms with Crippen molar-refractivity contribution in [2.75, 3.05) is 18.5 Å². The van der Waals surface area contributed by atoms with E-state index in [9.17, 15) is 13.2 Å². The Balaban J connectivity index is 2.49. The molecule has 0 spiro atoms. The molecule has 1 aromatic heterocycles. The minimum absolute atomic E-state index is 0.120. The molecular weight excluding hydrogens is 316 g/mol. The van der Waals surface area contributed by atoms with Gasteiger partial charge in [-0.15, -0.1) is 10.2 Å². The first-order valence-corrected chi connectivity index (χ1v) is 8.89. The molecule has 0 saturated heterocycles. The second-order valence-corrected chi connectivity index (χ2v) is 7.36. The maximum Gasteiger partial charge on any atom is 0.269 e. The molecule has 0 saturated carbocycles. The molecule has 2 N–H and O–H groups in total. The lowest BCUT2D eigenvalue weighted by molar-refractivity contribution is -0.115. The van der Waals surface area contributed by atoms with Gasteiger partial charge in [-0.1, -0.05) is 18.3 Å². The molecule has 0 radical (unpaired) electrons. The molecule has 0 aliphatic heterocycles. The summed E-state index contributed by atoms with van der Waals surface area (Å²) in [7, 11) is -3.69. The van der Waals surface area contributed by atoms with E-state index in [4.69, 9.17) is 4.74 Å². The number of carbonyl (C=O) groups excluding carboxylic acids is 1. The highest BCUT2D eigenvalue weighted by Gasteiger charge is 2.20. The van der Waals surface area contributed by atoms with Crippen molar-refractivity contribution in [3.8, 4) is 0 Å². The summed E-state index contributed by atoms with van der Waals surface area (Å²) in [5.74, 6) is -0.242. The van der Waals surface area contributed by atoms with Gasteiger partial charge in [-0.05, 0) is 20.3 Å². The summed E-state index contributed by atoms with van der Waals surface area (Å²) in [5.41, 5.74) is 0. The summed E-state index contributed by atoms with van der Waals surface area (Å²) < 4.78 is 31.4. The Labute approximate surface area is 128 Å².